The zero-order valence-electron chi connectivity index (χ0n) is 19.7. The number of rotatable bonds is 8. The van der Waals surface area contributed by atoms with Crippen molar-refractivity contribution in [2.24, 2.45) is 5.73 Å². The van der Waals surface area contributed by atoms with Gasteiger partial charge in [0.05, 0.1) is 31.7 Å². The van der Waals surface area contributed by atoms with Crippen molar-refractivity contribution < 1.29 is 19.1 Å². The monoisotopic (exact) mass is 480 g/mol. The molecule has 2 amide bonds. The standard InChI is InChI=1S/C25H28N4O6/c1-34-20-11-18-19(12-21(20)35-2)28(14-22(26)30)25(33)29(24(18)32)13-15-7-9-16(10-8-15)23(31)27-17-5-3-4-6-17/h7-12,17H,3-6,13-14H2,1-2H3,(H2,26,30)(H,27,31). The van der Waals surface area contributed by atoms with E-state index in [-0.39, 0.29) is 29.4 Å². The Balaban J connectivity index is 1.72. The van der Waals surface area contributed by atoms with Crippen LogP contribution in [0.4, 0.5) is 0 Å². The number of benzene rings is 2. The predicted octanol–water partition coefficient (Wildman–Crippen LogP) is 1.39. The minimum atomic E-state index is -0.731. The van der Waals surface area contributed by atoms with Gasteiger partial charge < -0.3 is 20.5 Å². The molecule has 1 aliphatic rings. The lowest BCUT2D eigenvalue weighted by molar-refractivity contribution is -0.118. The van der Waals surface area contributed by atoms with Crippen molar-refractivity contribution in [3.05, 3.63) is 68.4 Å². The minimum absolute atomic E-state index is 0.0504. The molecule has 0 aliphatic heterocycles. The molecule has 1 saturated carbocycles. The summed E-state index contributed by atoms with van der Waals surface area (Å²) in [6.45, 7) is -0.462. The summed E-state index contributed by atoms with van der Waals surface area (Å²) < 4.78 is 12.8. The number of nitrogens with one attached hydrogen (secondary N) is 1. The molecule has 10 nitrogen and oxygen atoms in total. The SMILES string of the molecule is COc1cc2c(=O)n(Cc3ccc(C(=O)NC4CCCC4)cc3)c(=O)n(CC(N)=O)c2cc1OC. The van der Waals surface area contributed by atoms with E-state index in [1.165, 1.54) is 26.4 Å². The van der Waals surface area contributed by atoms with Gasteiger partial charge in [0.15, 0.2) is 11.5 Å². The quantitative estimate of drug-likeness (QED) is 0.500. The number of nitrogens with two attached hydrogens (primary N) is 1. The molecule has 0 saturated heterocycles. The summed E-state index contributed by atoms with van der Waals surface area (Å²) in [6.07, 6.45) is 4.22. The Kier molecular flexibility index (Phi) is 6.90. The van der Waals surface area contributed by atoms with E-state index in [1.54, 1.807) is 24.3 Å². The van der Waals surface area contributed by atoms with Gasteiger partial charge in [0.25, 0.3) is 11.5 Å². The third-order valence-electron chi connectivity index (χ3n) is 6.29. The number of carbonyl (C=O) groups is 2. The van der Waals surface area contributed by atoms with E-state index in [1.807, 2.05) is 0 Å². The van der Waals surface area contributed by atoms with Gasteiger partial charge in [-0.2, -0.15) is 0 Å². The van der Waals surface area contributed by atoms with Crippen LogP contribution in [0, 0.1) is 0 Å². The number of hydrogen-bond donors (Lipinski definition) is 2. The van der Waals surface area contributed by atoms with E-state index in [2.05, 4.69) is 5.32 Å². The highest BCUT2D eigenvalue weighted by atomic mass is 16.5. The van der Waals surface area contributed by atoms with Crippen molar-refractivity contribution in [1.29, 1.82) is 0 Å². The number of nitrogens with zero attached hydrogens (tertiary/aromatic N) is 2. The lowest BCUT2D eigenvalue weighted by Gasteiger charge is -2.16. The maximum Gasteiger partial charge on any atom is 0.332 e. The topological polar surface area (TPSA) is 135 Å². The Hall–Kier alpha value is -4.08. The van der Waals surface area contributed by atoms with Crippen LogP contribution >= 0.6 is 0 Å². The maximum atomic E-state index is 13.3. The third kappa shape index (κ3) is 4.91. The first-order chi connectivity index (χ1) is 16.8. The molecule has 184 valence electrons. The summed E-state index contributed by atoms with van der Waals surface area (Å²) in [4.78, 5) is 50.8. The van der Waals surface area contributed by atoms with Gasteiger partial charge in [-0.15, -0.1) is 0 Å². The Bertz CT molecular complexity index is 1380. The molecule has 35 heavy (non-hydrogen) atoms. The summed E-state index contributed by atoms with van der Waals surface area (Å²) >= 11 is 0. The Morgan fingerprint density at radius 1 is 1.00 bits per heavy atom. The van der Waals surface area contributed by atoms with Crippen molar-refractivity contribution in [3.63, 3.8) is 0 Å². The van der Waals surface area contributed by atoms with Gasteiger partial charge in [0.2, 0.25) is 5.91 Å². The van der Waals surface area contributed by atoms with E-state index < -0.39 is 23.7 Å². The van der Waals surface area contributed by atoms with Crippen LogP contribution in [0.2, 0.25) is 0 Å². The molecule has 2 aromatic carbocycles. The summed E-state index contributed by atoms with van der Waals surface area (Å²) in [5.74, 6) is -0.256. The molecule has 0 atom stereocenters. The molecule has 1 aromatic heterocycles. The average Bonchev–Trinajstić information content (AvgIpc) is 3.36. The van der Waals surface area contributed by atoms with E-state index in [4.69, 9.17) is 15.2 Å². The molecule has 1 heterocycles. The molecule has 0 radical (unpaired) electrons. The molecule has 3 aromatic rings. The van der Waals surface area contributed by atoms with Crippen LogP contribution in [0.1, 0.15) is 41.6 Å². The zero-order valence-corrected chi connectivity index (χ0v) is 19.7. The number of carbonyl (C=O) groups excluding carboxylic acids is 2. The average molecular weight is 481 g/mol. The smallest absolute Gasteiger partial charge is 0.332 e. The van der Waals surface area contributed by atoms with Crippen molar-refractivity contribution in [2.45, 2.75) is 44.8 Å². The Morgan fingerprint density at radius 2 is 1.63 bits per heavy atom. The van der Waals surface area contributed by atoms with E-state index >= 15 is 0 Å². The highest BCUT2D eigenvalue weighted by Gasteiger charge is 2.20. The first kappa shape index (κ1) is 24.1. The predicted molar refractivity (Wildman–Crippen MR) is 130 cm³/mol. The Morgan fingerprint density at radius 3 is 2.23 bits per heavy atom. The van der Waals surface area contributed by atoms with E-state index in [0.29, 0.717) is 22.6 Å². The summed E-state index contributed by atoms with van der Waals surface area (Å²) in [6, 6.07) is 9.89. The van der Waals surface area contributed by atoms with Crippen LogP contribution in [0.15, 0.2) is 46.0 Å². The molecule has 3 N–H and O–H groups in total. The summed E-state index contributed by atoms with van der Waals surface area (Å²) in [7, 11) is 2.87. The Labute approximate surface area is 201 Å². The number of aromatic nitrogens is 2. The number of fused-ring (bicyclic) bond motifs is 1. The molecule has 0 spiro atoms. The van der Waals surface area contributed by atoms with E-state index in [0.717, 1.165) is 34.8 Å². The van der Waals surface area contributed by atoms with Crippen molar-refractivity contribution in [2.75, 3.05) is 14.2 Å². The first-order valence-electron chi connectivity index (χ1n) is 11.4. The molecule has 10 heteroatoms. The second-order valence-electron chi connectivity index (χ2n) is 8.60. The lowest BCUT2D eigenvalue weighted by Crippen LogP contribution is -2.42. The van der Waals surface area contributed by atoms with Crippen LogP contribution < -0.4 is 31.8 Å². The number of hydrogen-bond acceptors (Lipinski definition) is 6. The molecular formula is C25H28N4O6. The normalized spacial score (nSPS) is 13.7. The number of primary amides is 1. The first-order valence-corrected chi connectivity index (χ1v) is 11.4. The molecule has 0 unspecified atom stereocenters. The van der Waals surface area contributed by atoms with Gasteiger partial charge in [-0.25, -0.2) is 4.79 Å². The van der Waals surface area contributed by atoms with Crippen molar-refractivity contribution >= 4 is 22.7 Å². The van der Waals surface area contributed by atoms with Crippen LogP contribution in [-0.4, -0.2) is 41.2 Å². The third-order valence-corrected chi connectivity index (χ3v) is 6.29. The van der Waals surface area contributed by atoms with E-state index in [9.17, 15) is 19.2 Å². The van der Waals surface area contributed by atoms with Crippen molar-refractivity contribution in [3.8, 4) is 11.5 Å². The number of ether oxygens (including phenoxy) is 2. The largest absolute Gasteiger partial charge is 0.493 e. The molecule has 1 aliphatic carbocycles. The fraction of sp³-hybridized carbons (Fsp3) is 0.360. The fourth-order valence-corrected chi connectivity index (χ4v) is 4.47. The molecule has 1 fully saturated rings. The zero-order chi connectivity index (χ0) is 25.1. The van der Waals surface area contributed by atoms with Crippen LogP contribution in [0.25, 0.3) is 10.9 Å². The second-order valence-corrected chi connectivity index (χ2v) is 8.60. The second kappa shape index (κ2) is 10.0. The van der Waals surface area contributed by atoms with Gasteiger partial charge in [-0.1, -0.05) is 25.0 Å². The van der Waals surface area contributed by atoms with Gasteiger partial charge in [-0.05, 0) is 36.6 Å². The summed E-state index contributed by atoms with van der Waals surface area (Å²) in [5.41, 5.74) is 5.51. The minimum Gasteiger partial charge on any atom is -0.493 e. The molecule has 0 bridgehead atoms. The van der Waals surface area contributed by atoms with Gasteiger partial charge in [0.1, 0.15) is 6.54 Å². The van der Waals surface area contributed by atoms with Gasteiger partial charge in [0, 0.05) is 17.7 Å². The maximum absolute atomic E-state index is 13.3. The van der Waals surface area contributed by atoms with Crippen LogP contribution in [0.5, 0.6) is 11.5 Å². The molecule has 4 rings (SSSR count). The number of methoxy groups -OCH3 is 2. The highest BCUT2D eigenvalue weighted by Crippen LogP contribution is 2.30. The fourth-order valence-electron chi connectivity index (χ4n) is 4.47. The van der Waals surface area contributed by atoms with Crippen molar-refractivity contribution in [1.82, 2.24) is 14.5 Å². The lowest BCUT2D eigenvalue weighted by atomic mass is 10.1. The van der Waals surface area contributed by atoms with Crippen LogP contribution in [0.3, 0.4) is 0 Å². The van der Waals surface area contributed by atoms with Gasteiger partial charge in [-0.3, -0.25) is 23.5 Å². The highest BCUT2D eigenvalue weighted by molar-refractivity contribution is 5.94. The van der Waals surface area contributed by atoms with Crippen LogP contribution in [-0.2, 0) is 17.9 Å². The number of amides is 2. The summed E-state index contributed by atoms with van der Waals surface area (Å²) in [5, 5.41) is 3.21. The van der Waals surface area contributed by atoms with Gasteiger partial charge >= 0.3 is 5.69 Å². The molecular weight excluding hydrogens is 452 g/mol.